The Bertz CT molecular complexity index is 443. The first-order valence-corrected chi connectivity index (χ1v) is 8.85. The number of pyridine rings is 1. The second-order valence-corrected chi connectivity index (χ2v) is 6.62. The van der Waals surface area contributed by atoms with Gasteiger partial charge in [-0.1, -0.05) is 6.07 Å². The molecule has 23 heavy (non-hydrogen) atoms. The minimum Gasteiger partial charge on any atom is -0.387 e. The highest BCUT2D eigenvalue weighted by atomic mass is 16.5. The topological polar surface area (TPSA) is 54.8 Å². The Morgan fingerprint density at radius 1 is 1.30 bits per heavy atom. The van der Waals surface area contributed by atoms with Crippen LogP contribution in [0.4, 0.5) is 0 Å². The fourth-order valence-corrected chi connectivity index (χ4v) is 3.36. The Morgan fingerprint density at radius 3 is 2.87 bits per heavy atom. The molecule has 0 amide bonds. The van der Waals surface area contributed by atoms with Crippen molar-refractivity contribution in [3.8, 4) is 0 Å². The average Bonchev–Trinajstić information content (AvgIpc) is 2.63. The lowest BCUT2D eigenvalue weighted by Crippen LogP contribution is -2.40. The number of hydrogen-bond donors (Lipinski definition) is 1. The summed E-state index contributed by atoms with van der Waals surface area (Å²) in [4.78, 5) is 6.38. The number of likely N-dealkylation sites (tertiary alicyclic amines) is 1. The summed E-state index contributed by atoms with van der Waals surface area (Å²) in [7, 11) is 0. The molecule has 0 saturated carbocycles. The van der Waals surface area contributed by atoms with E-state index in [9.17, 15) is 5.11 Å². The maximum Gasteiger partial charge on any atom is 0.0931 e. The van der Waals surface area contributed by atoms with Gasteiger partial charge < -0.3 is 19.5 Å². The molecule has 3 rings (SSSR count). The minimum atomic E-state index is -0.461. The zero-order valence-electron chi connectivity index (χ0n) is 13.8. The van der Waals surface area contributed by atoms with E-state index in [0.717, 1.165) is 51.1 Å². The van der Waals surface area contributed by atoms with E-state index >= 15 is 0 Å². The normalized spacial score (nSPS) is 25.3. The molecule has 5 nitrogen and oxygen atoms in total. The van der Waals surface area contributed by atoms with Crippen molar-refractivity contribution in [2.24, 2.45) is 0 Å². The van der Waals surface area contributed by atoms with E-state index in [4.69, 9.17) is 9.47 Å². The Labute approximate surface area is 138 Å². The summed E-state index contributed by atoms with van der Waals surface area (Å²) in [5, 5.41) is 10.3. The number of β-amino-alcohol motifs (C(OH)–C–C–N with tert-alkyl or cyclic N) is 1. The standard InChI is InChI=1S/C18H28N2O3/c21-18(15-4-3-8-19-12-15)13-20-9-6-16(7-10-20)23-14-17-5-1-2-11-22-17/h3-4,8,12,16-18,21H,1-2,5-7,9-11,13-14H2. The van der Waals surface area contributed by atoms with Gasteiger partial charge in [0.1, 0.15) is 0 Å². The fourth-order valence-electron chi connectivity index (χ4n) is 3.36. The summed E-state index contributed by atoms with van der Waals surface area (Å²) in [6.07, 6.45) is 9.31. The zero-order chi connectivity index (χ0) is 15.9. The van der Waals surface area contributed by atoms with Gasteiger partial charge in [-0.25, -0.2) is 0 Å². The lowest BCUT2D eigenvalue weighted by molar-refractivity contribution is -0.0764. The average molecular weight is 320 g/mol. The van der Waals surface area contributed by atoms with Crippen LogP contribution < -0.4 is 0 Å². The third-order valence-corrected chi connectivity index (χ3v) is 4.83. The molecular formula is C18H28N2O3. The Balaban J connectivity index is 1.35. The third-order valence-electron chi connectivity index (χ3n) is 4.83. The van der Waals surface area contributed by atoms with Gasteiger partial charge in [-0.2, -0.15) is 0 Å². The fraction of sp³-hybridized carbons (Fsp3) is 0.722. The molecule has 2 atom stereocenters. The first-order valence-electron chi connectivity index (χ1n) is 8.85. The summed E-state index contributed by atoms with van der Waals surface area (Å²) in [6.45, 7) is 4.26. The maximum atomic E-state index is 10.3. The first kappa shape index (κ1) is 16.8. The second-order valence-electron chi connectivity index (χ2n) is 6.62. The first-order chi connectivity index (χ1) is 11.3. The van der Waals surface area contributed by atoms with E-state index < -0.39 is 6.10 Å². The lowest BCUT2D eigenvalue weighted by atomic mass is 10.1. The highest BCUT2D eigenvalue weighted by Gasteiger charge is 2.23. The van der Waals surface area contributed by atoms with Crippen LogP contribution in [0.1, 0.15) is 43.8 Å². The number of hydrogen-bond acceptors (Lipinski definition) is 5. The summed E-state index contributed by atoms with van der Waals surface area (Å²) >= 11 is 0. The van der Waals surface area contributed by atoms with Crippen molar-refractivity contribution in [1.82, 2.24) is 9.88 Å². The molecule has 2 unspecified atom stereocenters. The largest absolute Gasteiger partial charge is 0.387 e. The van der Waals surface area contributed by atoms with E-state index in [1.165, 1.54) is 12.8 Å². The molecule has 2 aliphatic heterocycles. The SMILES string of the molecule is OC(CN1CCC(OCC2CCCCO2)CC1)c1cccnc1. The molecule has 0 spiro atoms. The van der Waals surface area contributed by atoms with Crippen LogP contribution in [0, 0.1) is 0 Å². The number of ether oxygens (including phenoxy) is 2. The van der Waals surface area contributed by atoms with Crippen molar-refractivity contribution in [2.45, 2.75) is 50.4 Å². The summed E-state index contributed by atoms with van der Waals surface area (Å²) in [5.74, 6) is 0. The monoisotopic (exact) mass is 320 g/mol. The van der Waals surface area contributed by atoms with Gasteiger partial charge in [-0.05, 0) is 38.2 Å². The van der Waals surface area contributed by atoms with Crippen LogP contribution in [0.3, 0.4) is 0 Å². The highest BCUT2D eigenvalue weighted by molar-refractivity contribution is 5.12. The molecule has 2 aliphatic rings. The molecule has 2 fully saturated rings. The van der Waals surface area contributed by atoms with Gasteiger partial charge in [0.25, 0.3) is 0 Å². The Hall–Kier alpha value is -1.01. The van der Waals surface area contributed by atoms with E-state index in [1.54, 1.807) is 12.4 Å². The second kappa shape index (κ2) is 8.73. The van der Waals surface area contributed by atoms with Crippen LogP contribution in [-0.4, -0.2) is 60.0 Å². The van der Waals surface area contributed by atoms with E-state index in [0.29, 0.717) is 18.8 Å². The number of aliphatic hydroxyl groups excluding tert-OH is 1. The lowest BCUT2D eigenvalue weighted by Gasteiger charge is -2.34. The van der Waals surface area contributed by atoms with Crippen molar-refractivity contribution in [1.29, 1.82) is 0 Å². The van der Waals surface area contributed by atoms with Gasteiger partial charge in [0.2, 0.25) is 0 Å². The molecule has 1 aromatic rings. The minimum absolute atomic E-state index is 0.300. The molecule has 0 radical (unpaired) electrons. The number of nitrogens with zero attached hydrogens (tertiary/aromatic N) is 2. The summed E-state index contributed by atoms with van der Waals surface area (Å²) in [6, 6.07) is 3.80. The molecule has 5 heteroatoms. The summed E-state index contributed by atoms with van der Waals surface area (Å²) in [5.41, 5.74) is 0.889. The quantitative estimate of drug-likeness (QED) is 0.870. The Morgan fingerprint density at radius 2 is 2.17 bits per heavy atom. The van der Waals surface area contributed by atoms with E-state index in [2.05, 4.69) is 9.88 Å². The molecule has 0 aliphatic carbocycles. The van der Waals surface area contributed by atoms with Gasteiger partial charge in [0.15, 0.2) is 0 Å². The van der Waals surface area contributed by atoms with Crippen LogP contribution in [0.5, 0.6) is 0 Å². The number of piperidine rings is 1. The molecule has 128 valence electrons. The number of aromatic nitrogens is 1. The van der Waals surface area contributed by atoms with Gasteiger partial charge in [-0.15, -0.1) is 0 Å². The van der Waals surface area contributed by atoms with Gasteiger partial charge >= 0.3 is 0 Å². The molecule has 2 saturated heterocycles. The molecule has 0 bridgehead atoms. The van der Waals surface area contributed by atoms with Gasteiger partial charge in [0.05, 0.1) is 24.9 Å². The van der Waals surface area contributed by atoms with Crippen molar-refractivity contribution in [2.75, 3.05) is 32.8 Å². The molecular weight excluding hydrogens is 292 g/mol. The highest BCUT2D eigenvalue weighted by Crippen LogP contribution is 2.20. The number of aliphatic hydroxyl groups is 1. The van der Waals surface area contributed by atoms with Crippen LogP contribution >= 0.6 is 0 Å². The smallest absolute Gasteiger partial charge is 0.0931 e. The molecule has 3 heterocycles. The van der Waals surface area contributed by atoms with E-state index in [-0.39, 0.29) is 0 Å². The van der Waals surface area contributed by atoms with Crippen LogP contribution in [0.15, 0.2) is 24.5 Å². The summed E-state index contributed by atoms with van der Waals surface area (Å²) < 4.78 is 11.8. The third kappa shape index (κ3) is 5.24. The van der Waals surface area contributed by atoms with Crippen LogP contribution in [0.2, 0.25) is 0 Å². The van der Waals surface area contributed by atoms with Crippen molar-refractivity contribution < 1.29 is 14.6 Å². The zero-order valence-corrected chi connectivity index (χ0v) is 13.8. The van der Waals surface area contributed by atoms with Crippen molar-refractivity contribution >= 4 is 0 Å². The molecule has 1 N–H and O–H groups in total. The predicted molar refractivity (Wildman–Crippen MR) is 88.2 cm³/mol. The van der Waals surface area contributed by atoms with Gasteiger partial charge in [0, 0.05) is 44.2 Å². The molecule has 1 aromatic heterocycles. The number of rotatable bonds is 6. The Kier molecular flexibility index (Phi) is 6.39. The predicted octanol–water partition coefficient (Wildman–Crippen LogP) is 2.17. The van der Waals surface area contributed by atoms with Gasteiger partial charge in [-0.3, -0.25) is 4.98 Å². The molecule has 0 aromatic carbocycles. The van der Waals surface area contributed by atoms with Crippen LogP contribution in [0.25, 0.3) is 0 Å². The maximum absolute atomic E-state index is 10.3. The van der Waals surface area contributed by atoms with Crippen molar-refractivity contribution in [3.05, 3.63) is 30.1 Å². The van der Waals surface area contributed by atoms with Crippen molar-refractivity contribution in [3.63, 3.8) is 0 Å². The van der Waals surface area contributed by atoms with E-state index in [1.807, 2.05) is 12.1 Å². The van der Waals surface area contributed by atoms with Crippen LogP contribution in [-0.2, 0) is 9.47 Å².